The number of fused-ring (bicyclic) bond motifs is 2. The Bertz CT molecular complexity index is 345. The normalized spacial score (nSPS) is 39.4. The number of ether oxygens (including phenoxy) is 1. The highest BCUT2D eigenvalue weighted by molar-refractivity contribution is 5.75. The van der Waals surface area contributed by atoms with Crippen LogP contribution in [0.5, 0.6) is 0 Å². The summed E-state index contributed by atoms with van der Waals surface area (Å²) in [5.74, 6) is -1.99. The SMILES string of the molecule is CC1(C)[C@H]2CC[C@]1(C)C[C@H]2OC(=O)C(F)(F)F. The Kier molecular flexibility index (Phi) is 2.53. The van der Waals surface area contributed by atoms with Crippen LogP contribution < -0.4 is 0 Å². The van der Waals surface area contributed by atoms with E-state index < -0.39 is 18.2 Å². The molecular weight excluding hydrogens is 233 g/mol. The number of carbonyl (C=O) groups is 1. The molecule has 5 heteroatoms. The van der Waals surface area contributed by atoms with Crippen molar-refractivity contribution >= 4 is 5.97 Å². The standard InChI is InChI=1S/C12H17F3O2/c1-10(2)7-4-5-11(10,3)6-8(7)17-9(16)12(13,14)15/h7-8H,4-6H2,1-3H3/t7-,8+,11+/m0/s1. The number of hydrogen-bond donors (Lipinski definition) is 0. The molecule has 0 aromatic heterocycles. The van der Waals surface area contributed by atoms with Crippen molar-refractivity contribution in [3.05, 3.63) is 0 Å². The second-order valence-electron chi connectivity index (χ2n) is 6.07. The van der Waals surface area contributed by atoms with E-state index in [1.54, 1.807) is 0 Å². The summed E-state index contributed by atoms with van der Waals surface area (Å²) in [6.45, 7) is 6.20. The van der Waals surface area contributed by atoms with E-state index in [0.717, 1.165) is 12.8 Å². The van der Waals surface area contributed by atoms with Gasteiger partial charge in [0.1, 0.15) is 6.10 Å². The number of alkyl halides is 3. The molecule has 0 heterocycles. The molecule has 0 aromatic carbocycles. The molecule has 0 amide bonds. The van der Waals surface area contributed by atoms with E-state index in [1.807, 2.05) is 0 Å². The van der Waals surface area contributed by atoms with Crippen LogP contribution in [0.1, 0.15) is 40.0 Å². The smallest absolute Gasteiger partial charge is 0.455 e. The number of rotatable bonds is 1. The van der Waals surface area contributed by atoms with Crippen molar-refractivity contribution in [3.63, 3.8) is 0 Å². The summed E-state index contributed by atoms with van der Waals surface area (Å²) in [6, 6.07) is 0. The molecule has 2 aliphatic carbocycles. The second-order valence-corrected chi connectivity index (χ2v) is 6.07. The number of esters is 1. The Balaban J connectivity index is 2.11. The summed E-state index contributed by atoms with van der Waals surface area (Å²) < 4.78 is 41.1. The van der Waals surface area contributed by atoms with Crippen LogP contribution in [0.4, 0.5) is 13.2 Å². The third-order valence-electron chi connectivity index (χ3n) is 5.08. The van der Waals surface area contributed by atoms with E-state index >= 15 is 0 Å². The van der Waals surface area contributed by atoms with Gasteiger partial charge < -0.3 is 4.74 Å². The summed E-state index contributed by atoms with van der Waals surface area (Å²) in [7, 11) is 0. The van der Waals surface area contributed by atoms with Crippen LogP contribution in [0.15, 0.2) is 0 Å². The third-order valence-corrected chi connectivity index (χ3v) is 5.08. The highest BCUT2D eigenvalue weighted by atomic mass is 19.4. The van der Waals surface area contributed by atoms with Gasteiger partial charge in [0.25, 0.3) is 0 Å². The Labute approximate surface area is 98.5 Å². The Morgan fingerprint density at radius 1 is 1.29 bits per heavy atom. The predicted molar refractivity (Wildman–Crippen MR) is 55.2 cm³/mol. The van der Waals surface area contributed by atoms with E-state index in [9.17, 15) is 18.0 Å². The van der Waals surface area contributed by atoms with Gasteiger partial charge in [-0.2, -0.15) is 13.2 Å². The molecule has 0 N–H and O–H groups in total. The van der Waals surface area contributed by atoms with Gasteiger partial charge in [-0.25, -0.2) is 4.79 Å². The lowest BCUT2D eigenvalue weighted by Gasteiger charge is -2.33. The van der Waals surface area contributed by atoms with Crippen molar-refractivity contribution < 1.29 is 22.7 Å². The number of hydrogen-bond acceptors (Lipinski definition) is 2. The minimum Gasteiger partial charge on any atom is -0.455 e. The predicted octanol–water partition coefficient (Wildman–Crippen LogP) is 3.31. The van der Waals surface area contributed by atoms with Gasteiger partial charge in [0.2, 0.25) is 0 Å². The fourth-order valence-corrected chi connectivity index (χ4v) is 3.53. The zero-order chi connectivity index (χ0) is 13.1. The molecular formula is C12H17F3O2. The summed E-state index contributed by atoms with van der Waals surface area (Å²) in [5.41, 5.74) is -0.0578. The molecule has 0 aliphatic heterocycles. The first-order valence-electron chi connectivity index (χ1n) is 5.86. The Hall–Kier alpha value is -0.740. The minimum atomic E-state index is -4.88. The van der Waals surface area contributed by atoms with Crippen molar-refractivity contribution in [2.24, 2.45) is 16.7 Å². The molecule has 17 heavy (non-hydrogen) atoms. The molecule has 2 nitrogen and oxygen atoms in total. The van der Waals surface area contributed by atoms with Gasteiger partial charge in [0, 0.05) is 5.92 Å². The van der Waals surface area contributed by atoms with Crippen molar-refractivity contribution in [1.82, 2.24) is 0 Å². The summed E-state index contributed by atoms with van der Waals surface area (Å²) in [4.78, 5) is 10.9. The van der Waals surface area contributed by atoms with Gasteiger partial charge in [0.05, 0.1) is 0 Å². The Morgan fingerprint density at radius 2 is 1.88 bits per heavy atom. The van der Waals surface area contributed by atoms with Gasteiger partial charge in [-0.15, -0.1) is 0 Å². The van der Waals surface area contributed by atoms with Crippen molar-refractivity contribution in [2.75, 3.05) is 0 Å². The summed E-state index contributed by atoms with van der Waals surface area (Å²) in [5, 5.41) is 0. The molecule has 0 radical (unpaired) electrons. The van der Waals surface area contributed by atoms with E-state index in [0.29, 0.717) is 6.42 Å². The topological polar surface area (TPSA) is 26.3 Å². The molecule has 2 bridgehead atoms. The van der Waals surface area contributed by atoms with Gasteiger partial charge in [0.15, 0.2) is 0 Å². The van der Waals surface area contributed by atoms with Gasteiger partial charge >= 0.3 is 12.1 Å². The van der Waals surface area contributed by atoms with Crippen LogP contribution in [0, 0.1) is 16.7 Å². The van der Waals surface area contributed by atoms with Crippen molar-refractivity contribution in [2.45, 2.75) is 52.3 Å². The first-order chi connectivity index (χ1) is 7.58. The third kappa shape index (κ3) is 1.74. The maximum Gasteiger partial charge on any atom is 0.490 e. The van der Waals surface area contributed by atoms with Crippen LogP contribution >= 0.6 is 0 Å². The quantitative estimate of drug-likeness (QED) is 0.667. The average Bonchev–Trinajstić information content (AvgIpc) is 2.46. The van der Waals surface area contributed by atoms with E-state index in [-0.39, 0.29) is 16.7 Å². The minimum absolute atomic E-state index is 0.00574. The molecule has 2 rings (SSSR count). The first-order valence-corrected chi connectivity index (χ1v) is 5.86. The zero-order valence-electron chi connectivity index (χ0n) is 10.2. The lowest BCUT2D eigenvalue weighted by Crippen LogP contribution is -2.34. The van der Waals surface area contributed by atoms with Crippen LogP contribution in [0.2, 0.25) is 0 Å². The van der Waals surface area contributed by atoms with Crippen LogP contribution in [0.25, 0.3) is 0 Å². The van der Waals surface area contributed by atoms with E-state index in [1.165, 1.54) is 0 Å². The highest BCUT2D eigenvalue weighted by Crippen LogP contribution is 2.66. The van der Waals surface area contributed by atoms with Gasteiger partial charge in [-0.3, -0.25) is 0 Å². The largest absolute Gasteiger partial charge is 0.490 e. The van der Waals surface area contributed by atoms with Crippen LogP contribution in [-0.2, 0) is 9.53 Å². The van der Waals surface area contributed by atoms with Gasteiger partial charge in [-0.1, -0.05) is 20.8 Å². The summed E-state index contributed by atoms with van der Waals surface area (Å²) in [6.07, 6.45) is -3.05. The highest BCUT2D eigenvalue weighted by Gasteiger charge is 2.62. The first kappa shape index (κ1) is 12.7. The molecule has 2 saturated carbocycles. The average molecular weight is 250 g/mol. The lowest BCUT2D eigenvalue weighted by atomic mass is 9.71. The second kappa shape index (κ2) is 3.39. The van der Waals surface area contributed by atoms with E-state index in [4.69, 9.17) is 0 Å². The molecule has 3 atom stereocenters. The van der Waals surface area contributed by atoms with Crippen LogP contribution in [-0.4, -0.2) is 18.2 Å². The molecule has 2 aliphatic rings. The molecule has 0 aromatic rings. The Morgan fingerprint density at radius 3 is 2.24 bits per heavy atom. The maximum absolute atomic E-state index is 12.2. The summed E-state index contributed by atoms with van der Waals surface area (Å²) >= 11 is 0. The van der Waals surface area contributed by atoms with E-state index in [2.05, 4.69) is 25.5 Å². The fraction of sp³-hybridized carbons (Fsp3) is 0.917. The zero-order valence-corrected chi connectivity index (χ0v) is 10.2. The maximum atomic E-state index is 12.2. The molecule has 98 valence electrons. The molecule has 0 saturated heterocycles. The van der Waals surface area contributed by atoms with Gasteiger partial charge in [-0.05, 0) is 30.1 Å². The number of halogens is 3. The fourth-order valence-electron chi connectivity index (χ4n) is 3.53. The number of carbonyl (C=O) groups excluding carboxylic acids is 1. The molecule has 0 spiro atoms. The van der Waals surface area contributed by atoms with Crippen LogP contribution in [0.3, 0.4) is 0 Å². The van der Waals surface area contributed by atoms with Crippen molar-refractivity contribution in [3.8, 4) is 0 Å². The molecule has 0 unspecified atom stereocenters. The monoisotopic (exact) mass is 250 g/mol. The lowest BCUT2D eigenvalue weighted by molar-refractivity contribution is -0.207. The van der Waals surface area contributed by atoms with Crippen molar-refractivity contribution in [1.29, 1.82) is 0 Å². The molecule has 2 fully saturated rings.